The molecule has 2 nitrogen and oxygen atoms in total. The molecule has 0 amide bonds. The second-order valence-corrected chi connectivity index (χ2v) is 4.63. The van der Waals surface area contributed by atoms with Gasteiger partial charge in [0.05, 0.1) is 25.2 Å². The minimum absolute atomic E-state index is 0.0819. The summed E-state index contributed by atoms with van der Waals surface area (Å²) >= 11 is 3.48. The quantitative estimate of drug-likeness (QED) is 0.827. The van der Waals surface area contributed by atoms with Gasteiger partial charge in [-0.2, -0.15) is 0 Å². The van der Waals surface area contributed by atoms with Crippen LogP contribution in [0.5, 0.6) is 0 Å². The van der Waals surface area contributed by atoms with Gasteiger partial charge in [0.1, 0.15) is 0 Å². The van der Waals surface area contributed by atoms with E-state index in [1.807, 2.05) is 6.07 Å². The highest BCUT2D eigenvalue weighted by molar-refractivity contribution is 9.10. The number of hydrogen-bond acceptors (Lipinski definition) is 2. The molecule has 2 rings (SSSR count). The number of ether oxygens (including phenoxy) is 2. The van der Waals surface area contributed by atoms with E-state index < -0.39 is 0 Å². The van der Waals surface area contributed by atoms with Gasteiger partial charge < -0.3 is 9.47 Å². The Kier molecular flexibility index (Phi) is 2.91. The minimum atomic E-state index is 0.0819. The van der Waals surface area contributed by atoms with Gasteiger partial charge in [-0.05, 0) is 17.7 Å². The lowest BCUT2D eigenvalue weighted by Crippen LogP contribution is -2.50. The fraction of sp³-hybridized carbons (Fsp3) is 0.455. The number of benzene rings is 1. The Bertz CT molecular complexity index is 321. The van der Waals surface area contributed by atoms with E-state index in [9.17, 15) is 0 Å². The smallest absolute Gasteiger partial charge is 0.0654 e. The average molecular weight is 257 g/mol. The molecule has 0 unspecified atom stereocenters. The summed E-state index contributed by atoms with van der Waals surface area (Å²) in [5.41, 5.74) is 1.37. The molecule has 1 aliphatic heterocycles. The molecule has 0 aliphatic carbocycles. The number of halogens is 1. The second-order valence-electron chi connectivity index (χ2n) is 3.72. The predicted molar refractivity (Wildman–Crippen MR) is 58.5 cm³/mol. The normalized spacial score (nSPS) is 19.0. The molecule has 3 heteroatoms. The highest BCUT2D eigenvalue weighted by Gasteiger charge is 2.40. The van der Waals surface area contributed by atoms with E-state index in [1.165, 1.54) is 5.56 Å². The fourth-order valence-corrected chi connectivity index (χ4v) is 2.18. The molecule has 1 fully saturated rings. The van der Waals surface area contributed by atoms with Crippen molar-refractivity contribution in [2.45, 2.75) is 5.41 Å². The lowest BCUT2D eigenvalue weighted by atomic mass is 9.79. The number of rotatable bonds is 3. The van der Waals surface area contributed by atoms with Crippen LogP contribution >= 0.6 is 15.9 Å². The maximum absolute atomic E-state index is 5.29. The van der Waals surface area contributed by atoms with E-state index in [0.29, 0.717) is 0 Å². The lowest BCUT2D eigenvalue weighted by molar-refractivity contribution is -0.0915. The fourth-order valence-electron chi connectivity index (χ4n) is 1.78. The Labute approximate surface area is 92.3 Å². The molecule has 0 saturated carbocycles. The van der Waals surface area contributed by atoms with Gasteiger partial charge in [0.15, 0.2) is 0 Å². The Balaban J connectivity index is 2.27. The van der Waals surface area contributed by atoms with Crippen molar-refractivity contribution in [1.29, 1.82) is 0 Å². The molecule has 1 saturated heterocycles. The van der Waals surface area contributed by atoms with Crippen molar-refractivity contribution < 1.29 is 9.47 Å². The predicted octanol–water partition coefficient (Wildman–Crippen LogP) is 2.36. The van der Waals surface area contributed by atoms with Crippen LogP contribution in [0.4, 0.5) is 0 Å². The van der Waals surface area contributed by atoms with E-state index >= 15 is 0 Å². The summed E-state index contributed by atoms with van der Waals surface area (Å²) in [6, 6.07) is 8.35. The Hall–Kier alpha value is -0.380. The van der Waals surface area contributed by atoms with Gasteiger partial charge in [0.25, 0.3) is 0 Å². The van der Waals surface area contributed by atoms with E-state index in [0.717, 1.165) is 24.3 Å². The first-order valence-electron chi connectivity index (χ1n) is 4.60. The summed E-state index contributed by atoms with van der Waals surface area (Å²) in [6.07, 6.45) is 0. The van der Waals surface area contributed by atoms with Gasteiger partial charge in [-0.1, -0.05) is 28.1 Å². The monoisotopic (exact) mass is 256 g/mol. The summed E-state index contributed by atoms with van der Waals surface area (Å²) in [7, 11) is 1.73. The van der Waals surface area contributed by atoms with Crippen molar-refractivity contribution in [3.8, 4) is 0 Å². The summed E-state index contributed by atoms with van der Waals surface area (Å²) in [4.78, 5) is 0. The van der Waals surface area contributed by atoms with Crippen LogP contribution in [0.15, 0.2) is 28.7 Å². The van der Waals surface area contributed by atoms with Crippen LogP contribution in [0.3, 0.4) is 0 Å². The van der Waals surface area contributed by atoms with Crippen LogP contribution in [-0.2, 0) is 14.9 Å². The zero-order valence-electron chi connectivity index (χ0n) is 8.13. The van der Waals surface area contributed by atoms with Crippen LogP contribution in [-0.4, -0.2) is 26.9 Å². The highest BCUT2D eigenvalue weighted by Crippen LogP contribution is 2.33. The van der Waals surface area contributed by atoms with Crippen LogP contribution in [0.2, 0.25) is 0 Å². The lowest BCUT2D eigenvalue weighted by Gasteiger charge is -2.41. The maximum atomic E-state index is 5.29. The molecule has 1 heterocycles. The molecular formula is C11H13BrO2. The molecular weight excluding hydrogens is 244 g/mol. The molecule has 1 aromatic rings. The van der Waals surface area contributed by atoms with Crippen molar-refractivity contribution in [2.24, 2.45) is 0 Å². The van der Waals surface area contributed by atoms with Gasteiger partial charge in [-0.25, -0.2) is 0 Å². The van der Waals surface area contributed by atoms with Crippen molar-refractivity contribution in [3.05, 3.63) is 34.3 Å². The zero-order valence-corrected chi connectivity index (χ0v) is 9.71. The molecule has 0 spiro atoms. The van der Waals surface area contributed by atoms with E-state index in [-0.39, 0.29) is 5.41 Å². The van der Waals surface area contributed by atoms with E-state index in [4.69, 9.17) is 9.47 Å². The van der Waals surface area contributed by atoms with Gasteiger partial charge >= 0.3 is 0 Å². The summed E-state index contributed by atoms with van der Waals surface area (Å²) in [5.74, 6) is 0. The van der Waals surface area contributed by atoms with Crippen molar-refractivity contribution >= 4 is 15.9 Å². The molecule has 0 radical (unpaired) electrons. The van der Waals surface area contributed by atoms with Crippen LogP contribution in [0.1, 0.15) is 5.56 Å². The Morgan fingerprint density at radius 2 is 2.29 bits per heavy atom. The Morgan fingerprint density at radius 3 is 2.79 bits per heavy atom. The Morgan fingerprint density at radius 1 is 1.50 bits per heavy atom. The molecule has 0 N–H and O–H groups in total. The summed E-state index contributed by atoms with van der Waals surface area (Å²) in [6.45, 7) is 2.25. The topological polar surface area (TPSA) is 18.5 Å². The third-order valence-corrected chi connectivity index (χ3v) is 3.11. The first kappa shape index (κ1) is 10.1. The SMILES string of the molecule is COCC1(c2cccc(Br)c2)COC1. The largest absolute Gasteiger partial charge is 0.384 e. The number of methoxy groups -OCH3 is 1. The van der Waals surface area contributed by atoms with Crippen molar-refractivity contribution in [1.82, 2.24) is 0 Å². The molecule has 1 aromatic carbocycles. The zero-order chi connectivity index (χ0) is 10.0. The third-order valence-electron chi connectivity index (χ3n) is 2.61. The van der Waals surface area contributed by atoms with Crippen molar-refractivity contribution in [2.75, 3.05) is 26.9 Å². The van der Waals surface area contributed by atoms with Gasteiger partial charge in [0.2, 0.25) is 0 Å². The van der Waals surface area contributed by atoms with Crippen molar-refractivity contribution in [3.63, 3.8) is 0 Å². The molecule has 0 aromatic heterocycles. The second kappa shape index (κ2) is 4.01. The molecule has 0 atom stereocenters. The van der Waals surface area contributed by atoms with Gasteiger partial charge in [-0.3, -0.25) is 0 Å². The highest BCUT2D eigenvalue weighted by atomic mass is 79.9. The minimum Gasteiger partial charge on any atom is -0.384 e. The van der Waals surface area contributed by atoms with E-state index in [1.54, 1.807) is 7.11 Å². The van der Waals surface area contributed by atoms with Crippen LogP contribution < -0.4 is 0 Å². The summed E-state index contributed by atoms with van der Waals surface area (Å²) < 4.78 is 11.6. The maximum Gasteiger partial charge on any atom is 0.0654 e. The van der Waals surface area contributed by atoms with Gasteiger partial charge in [0, 0.05) is 11.6 Å². The molecule has 0 bridgehead atoms. The van der Waals surface area contributed by atoms with E-state index in [2.05, 4.69) is 34.1 Å². The third kappa shape index (κ3) is 1.72. The molecule has 76 valence electrons. The molecule has 1 aliphatic rings. The van der Waals surface area contributed by atoms with Crippen LogP contribution in [0.25, 0.3) is 0 Å². The van der Waals surface area contributed by atoms with Gasteiger partial charge in [-0.15, -0.1) is 0 Å². The summed E-state index contributed by atoms with van der Waals surface area (Å²) in [5, 5.41) is 0. The average Bonchev–Trinajstić information content (AvgIpc) is 2.11. The first-order valence-corrected chi connectivity index (χ1v) is 5.39. The number of hydrogen-bond donors (Lipinski definition) is 0. The molecule has 14 heavy (non-hydrogen) atoms. The van der Waals surface area contributed by atoms with Crippen LogP contribution in [0, 0.1) is 0 Å². The first-order chi connectivity index (χ1) is 6.77. The standard InChI is InChI=1S/C11H13BrO2/c1-13-6-11(7-14-8-11)9-3-2-4-10(12)5-9/h2-5H,6-8H2,1H3.